The molecule has 0 fully saturated rings. The number of pyridine rings is 2. The molecule has 2 heterocycles. The number of thioether (sulfide) groups is 1. The lowest BCUT2D eigenvalue weighted by molar-refractivity contribution is -0.113. The van der Waals surface area contributed by atoms with Gasteiger partial charge in [0.25, 0.3) is 0 Å². The third-order valence-corrected chi connectivity index (χ3v) is 4.44. The maximum Gasteiger partial charge on any atom is 0.234 e. The molecule has 0 aliphatic carbocycles. The number of nitriles is 1. The molecule has 0 spiro atoms. The van der Waals surface area contributed by atoms with Gasteiger partial charge < -0.3 is 5.32 Å². The highest BCUT2D eigenvalue weighted by Crippen LogP contribution is 2.25. The molecule has 1 N–H and O–H groups in total. The number of aromatic nitrogens is 2. The second-order valence-electron chi connectivity index (χ2n) is 5.21. The van der Waals surface area contributed by atoms with Crippen LogP contribution in [0, 0.1) is 17.1 Å². The average Bonchev–Trinajstić information content (AvgIpc) is 2.68. The normalized spacial score (nSPS) is 10.2. The van der Waals surface area contributed by atoms with Crippen molar-refractivity contribution in [1.29, 1.82) is 5.26 Å². The minimum atomic E-state index is -0.499. The number of benzene rings is 1. The molecule has 0 bridgehead atoms. The van der Waals surface area contributed by atoms with Crippen molar-refractivity contribution >= 4 is 23.4 Å². The lowest BCUT2D eigenvalue weighted by atomic mass is 10.1. The molecule has 0 saturated heterocycles. The van der Waals surface area contributed by atoms with Gasteiger partial charge in [-0.2, -0.15) is 5.26 Å². The van der Waals surface area contributed by atoms with Crippen LogP contribution in [0.3, 0.4) is 0 Å². The quantitative estimate of drug-likeness (QED) is 0.695. The number of carbonyl (C=O) groups excluding carboxylic acids is 1. The second kappa shape index (κ2) is 8.23. The molecule has 0 radical (unpaired) electrons. The number of para-hydroxylation sites is 1. The van der Waals surface area contributed by atoms with E-state index in [4.69, 9.17) is 0 Å². The SMILES string of the molecule is N#Cc1ccc(-c2ccncc2)nc1SCC(=O)Nc1ccccc1F. The summed E-state index contributed by atoms with van der Waals surface area (Å²) in [4.78, 5) is 20.5. The third kappa shape index (κ3) is 4.23. The smallest absolute Gasteiger partial charge is 0.234 e. The molecule has 1 aromatic carbocycles. The van der Waals surface area contributed by atoms with Crippen LogP contribution in [0.4, 0.5) is 10.1 Å². The number of nitrogens with zero attached hydrogens (tertiary/aromatic N) is 3. The summed E-state index contributed by atoms with van der Waals surface area (Å²) in [6.07, 6.45) is 3.31. The zero-order chi connectivity index (χ0) is 18.4. The number of amides is 1. The van der Waals surface area contributed by atoms with E-state index in [1.54, 1.807) is 36.7 Å². The number of hydrogen-bond acceptors (Lipinski definition) is 5. The van der Waals surface area contributed by atoms with Gasteiger partial charge in [-0.3, -0.25) is 9.78 Å². The van der Waals surface area contributed by atoms with Crippen LogP contribution in [0.1, 0.15) is 5.56 Å². The zero-order valence-electron chi connectivity index (χ0n) is 13.5. The summed E-state index contributed by atoms with van der Waals surface area (Å²) in [6, 6.07) is 15.1. The van der Waals surface area contributed by atoms with Crippen molar-refractivity contribution in [3.63, 3.8) is 0 Å². The van der Waals surface area contributed by atoms with Crippen LogP contribution in [0.2, 0.25) is 0 Å². The Kier molecular flexibility index (Phi) is 5.56. The summed E-state index contributed by atoms with van der Waals surface area (Å²) in [5, 5.41) is 12.2. The van der Waals surface area contributed by atoms with E-state index in [-0.39, 0.29) is 17.3 Å². The average molecular weight is 364 g/mol. The van der Waals surface area contributed by atoms with Gasteiger partial charge in [0.1, 0.15) is 16.9 Å². The van der Waals surface area contributed by atoms with Crippen molar-refractivity contribution in [3.8, 4) is 17.3 Å². The van der Waals surface area contributed by atoms with E-state index in [0.717, 1.165) is 17.3 Å². The molecule has 26 heavy (non-hydrogen) atoms. The van der Waals surface area contributed by atoms with Crippen LogP contribution in [-0.2, 0) is 4.79 Å². The molecule has 0 atom stereocenters. The highest BCUT2D eigenvalue weighted by atomic mass is 32.2. The number of rotatable bonds is 5. The molecule has 3 aromatic rings. The molecular formula is C19H13FN4OS. The fourth-order valence-corrected chi connectivity index (χ4v) is 2.97. The van der Waals surface area contributed by atoms with Crippen LogP contribution in [-0.4, -0.2) is 21.6 Å². The minimum Gasteiger partial charge on any atom is -0.323 e. The standard InChI is InChI=1S/C19H13FN4OS/c20-15-3-1-2-4-17(15)23-18(25)12-26-19-14(11-21)5-6-16(24-19)13-7-9-22-10-8-13/h1-10H,12H2,(H,23,25). The van der Waals surface area contributed by atoms with Crippen LogP contribution in [0.5, 0.6) is 0 Å². The van der Waals surface area contributed by atoms with Crippen molar-refractivity contribution in [1.82, 2.24) is 9.97 Å². The van der Waals surface area contributed by atoms with Gasteiger partial charge in [-0.15, -0.1) is 0 Å². The van der Waals surface area contributed by atoms with E-state index in [1.165, 1.54) is 12.1 Å². The minimum absolute atomic E-state index is 0.00973. The lowest BCUT2D eigenvalue weighted by Crippen LogP contribution is -2.15. The Morgan fingerprint density at radius 2 is 1.92 bits per heavy atom. The number of halogens is 1. The molecule has 128 valence electrons. The van der Waals surface area contributed by atoms with E-state index >= 15 is 0 Å². The third-order valence-electron chi connectivity index (χ3n) is 3.44. The maximum absolute atomic E-state index is 13.6. The van der Waals surface area contributed by atoms with Crippen LogP contribution in [0.25, 0.3) is 11.3 Å². The molecule has 0 unspecified atom stereocenters. The molecule has 1 amide bonds. The van der Waals surface area contributed by atoms with E-state index in [9.17, 15) is 14.4 Å². The lowest BCUT2D eigenvalue weighted by Gasteiger charge is -2.08. The topological polar surface area (TPSA) is 78.7 Å². The van der Waals surface area contributed by atoms with Gasteiger partial charge >= 0.3 is 0 Å². The Labute approximate surface area is 153 Å². The Balaban J connectivity index is 1.73. The first-order chi connectivity index (χ1) is 12.7. The monoisotopic (exact) mass is 364 g/mol. The Morgan fingerprint density at radius 3 is 2.65 bits per heavy atom. The number of anilines is 1. The second-order valence-corrected chi connectivity index (χ2v) is 6.18. The van der Waals surface area contributed by atoms with Crippen LogP contribution >= 0.6 is 11.8 Å². The summed E-state index contributed by atoms with van der Waals surface area (Å²) in [7, 11) is 0. The fraction of sp³-hybridized carbons (Fsp3) is 0.0526. The molecule has 0 saturated carbocycles. The first-order valence-corrected chi connectivity index (χ1v) is 8.64. The predicted octanol–water partition coefficient (Wildman–Crippen LogP) is 3.89. The van der Waals surface area contributed by atoms with Crippen LogP contribution in [0.15, 0.2) is 66.0 Å². The van der Waals surface area contributed by atoms with E-state index in [2.05, 4.69) is 21.4 Å². The molecule has 2 aromatic heterocycles. The van der Waals surface area contributed by atoms with Gasteiger partial charge in [0.2, 0.25) is 5.91 Å². The van der Waals surface area contributed by atoms with E-state index < -0.39 is 5.82 Å². The molecular weight excluding hydrogens is 351 g/mol. The van der Waals surface area contributed by atoms with Crippen molar-refractivity contribution < 1.29 is 9.18 Å². The number of nitrogens with one attached hydrogen (secondary N) is 1. The van der Waals surface area contributed by atoms with Gasteiger partial charge in [0.15, 0.2) is 0 Å². The Hall–Kier alpha value is -3.24. The zero-order valence-corrected chi connectivity index (χ0v) is 14.3. The largest absolute Gasteiger partial charge is 0.323 e. The van der Waals surface area contributed by atoms with Crippen molar-refractivity contribution in [2.75, 3.05) is 11.1 Å². The Morgan fingerprint density at radius 1 is 1.15 bits per heavy atom. The first-order valence-electron chi connectivity index (χ1n) is 7.66. The summed E-state index contributed by atoms with van der Waals surface area (Å²) in [5.41, 5.74) is 2.05. The molecule has 0 aliphatic heterocycles. The number of carbonyl (C=O) groups is 1. The molecule has 7 heteroatoms. The first kappa shape index (κ1) is 17.6. The summed E-state index contributed by atoms with van der Waals surface area (Å²) < 4.78 is 13.6. The fourth-order valence-electron chi connectivity index (χ4n) is 2.20. The van der Waals surface area contributed by atoms with Crippen molar-refractivity contribution in [2.24, 2.45) is 0 Å². The predicted molar refractivity (Wildman–Crippen MR) is 97.9 cm³/mol. The molecule has 5 nitrogen and oxygen atoms in total. The van der Waals surface area contributed by atoms with E-state index in [1.807, 2.05) is 12.1 Å². The summed E-state index contributed by atoms with van der Waals surface area (Å²) in [5.74, 6) is -0.864. The number of hydrogen-bond donors (Lipinski definition) is 1. The van der Waals surface area contributed by atoms with Gasteiger partial charge in [0, 0.05) is 18.0 Å². The molecule has 3 rings (SSSR count). The van der Waals surface area contributed by atoms with Gasteiger partial charge in [0.05, 0.1) is 22.7 Å². The summed E-state index contributed by atoms with van der Waals surface area (Å²) in [6.45, 7) is 0. The highest BCUT2D eigenvalue weighted by molar-refractivity contribution is 8.00. The van der Waals surface area contributed by atoms with Crippen LogP contribution < -0.4 is 5.32 Å². The maximum atomic E-state index is 13.6. The van der Waals surface area contributed by atoms with Gasteiger partial charge in [-0.05, 0) is 36.4 Å². The van der Waals surface area contributed by atoms with E-state index in [0.29, 0.717) is 16.3 Å². The van der Waals surface area contributed by atoms with Gasteiger partial charge in [-0.1, -0.05) is 23.9 Å². The van der Waals surface area contributed by atoms with Crippen molar-refractivity contribution in [2.45, 2.75) is 5.03 Å². The van der Waals surface area contributed by atoms with Crippen molar-refractivity contribution in [3.05, 3.63) is 72.3 Å². The summed E-state index contributed by atoms with van der Waals surface area (Å²) >= 11 is 1.13. The Bertz CT molecular complexity index is 973. The van der Waals surface area contributed by atoms with Gasteiger partial charge in [-0.25, -0.2) is 9.37 Å². The highest BCUT2D eigenvalue weighted by Gasteiger charge is 2.12. The molecule has 0 aliphatic rings.